The number of aromatic hydroxyl groups is 1. The molecule has 0 atom stereocenters. The highest BCUT2D eigenvalue weighted by atomic mass is 79.9. The molecule has 6 heteroatoms. The molecule has 2 aromatic carbocycles. The number of halogens is 1. The molecule has 0 saturated carbocycles. The fraction of sp³-hybridized carbons (Fsp3) is 0. The minimum atomic E-state index is -0.482. The Labute approximate surface area is 135 Å². The number of para-hydroxylation sites is 1. The summed E-state index contributed by atoms with van der Waals surface area (Å²) in [7, 11) is 0. The summed E-state index contributed by atoms with van der Waals surface area (Å²) in [6, 6.07) is 13.5. The second-order valence-corrected chi connectivity index (χ2v) is 5.54. The summed E-state index contributed by atoms with van der Waals surface area (Å²) in [4.78, 5) is 24.5. The number of hydrogen-bond acceptors (Lipinski definition) is 3. The molecule has 2 amide bonds. The molecule has 0 bridgehead atoms. The first-order valence-electron chi connectivity index (χ1n) is 6.47. The van der Waals surface area contributed by atoms with Crippen LogP contribution >= 0.6 is 15.9 Å². The first kappa shape index (κ1) is 14.3. The highest BCUT2D eigenvalue weighted by molar-refractivity contribution is 9.10. The van der Waals surface area contributed by atoms with Crippen molar-refractivity contribution in [2.75, 3.05) is 5.01 Å². The summed E-state index contributed by atoms with van der Waals surface area (Å²) in [5.74, 6) is -0.864. The standard InChI is InChI=1S/C16H11BrN2O3/c17-14-7-6-12(20)8-10(14)9-13-15(21)18-19(16(13)22)11-4-2-1-3-5-11/h1-9,20H,(H,18,21). The van der Waals surface area contributed by atoms with E-state index < -0.39 is 11.8 Å². The number of hydrogen-bond donors (Lipinski definition) is 2. The van der Waals surface area contributed by atoms with Gasteiger partial charge < -0.3 is 5.11 Å². The van der Waals surface area contributed by atoms with E-state index >= 15 is 0 Å². The van der Waals surface area contributed by atoms with E-state index in [0.29, 0.717) is 15.7 Å². The van der Waals surface area contributed by atoms with Gasteiger partial charge in [-0.05, 0) is 42.0 Å². The fourth-order valence-electron chi connectivity index (χ4n) is 2.11. The van der Waals surface area contributed by atoms with Gasteiger partial charge in [0.15, 0.2) is 0 Å². The molecule has 3 rings (SSSR count). The Kier molecular flexibility index (Phi) is 3.68. The largest absolute Gasteiger partial charge is 0.508 e. The summed E-state index contributed by atoms with van der Waals surface area (Å²) in [6.45, 7) is 0. The van der Waals surface area contributed by atoms with Gasteiger partial charge in [0.25, 0.3) is 11.8 Å². The molecule has 2 N–H and O–H groups in total. The van der Waals surface area contributed by atoms with Crippen LogP contribution in [0.5, 0.6) is 5.75 Å². The van der Waals surface area contributed by atoms with Gasteiger partial charge in [0.2, 0.25) is 0 Å². The molecule has 5 nitrogen and oxygen atoms in total. The van der Waals surface area contributed by atoms with Crippen molar-refractivity contribution in [3.63, 3.8) is 0 Å². The van der Waals surface area contributed by atoms with Crippen molar-refractivity contribution >= 4 is 39.5 Å². The number of benzene rings is 2. The fourth-order valence-corrected chi connectivity index (χ4v) is 2.47. The third kappa shape index (κ3) is 2.60. The van der Waals surface area contributed by atoms with E-state index in [1.54, 1.807) is 30.3 Å². The third-order valence-electron chi connectivity index (χ3n) is 3.19. The van der Waals surface area contributed by atoms with Gasteiger partial charge in [0.05, 0.1) is 5.69 Å². The van der Waals surface area contributed by atoms with E-state index in [2.05, 4.69) is 21.4 Å². The van der Waals surface area contributed by atoms with Crippen LogP contribution in [0.3, 0.4) is 0 Å². The lowest BCUT2D eigenvalue weighted by Crippen LogP contribution is -2.35. The number of nitrogens with zero attached hydrogens (tertiary/aromatic N) is 1. The minimum Gasteiger partial charge on any atom is -0.508 e. The average molecular weight is 359 g/mol. The molecule has 1 aliphatic heterocycles. The monoisotopic (exact) mass is 358 g/mol. The Balaban J connectivity index is 1.98. The molecule has 1 heterocycles. The van der Waals surface area contributed by atoms with Crippen LogP contribution in [-0.2, 0) is 9.59 Å². The van der Waals surface area contributed by atoms with Crippen molar-refractivity contribution < 1.29 is 14.7 Å². The maximum atomic E-state index is 12.4. The Hall–Kier alpha value is -2.60. The zero-order valence-corrected chi connectivity index (χ0v) is 12.9. The van der Waals surface area contributed by atoms with Gasteiger partial charge in [-0.25, -0.2) is 5.01 Å². The van der Waals surface area contributed by atoms with Crippen molar-refractivity contribution in [2.45, 2.75) is 0 Å². The van der Waals surface area contributed by atoms with Crippen LogP contribution in [0.15, 0.2) is 58.6 Å². The molecule has 1 aliphatic rings. The van der Waals surface area contributed by atoms with E-state index in [0.717, 1.165) is 0 Å². The summed E-state index contributed by atoms with van der Waals surface area (Å²) >= 11 is 3.33. The van der Waals surface area contributed by atoms with Gasteiger partial charge in [-0.15, -0.1) is 0 Å². The summed E-state index contributed by atoms with van der Waals surface area (Å²) < 4.78 is 0.677. The van der Waals surface area contributed by atoms with E-state index in [1.807, 2.05) is 6.07 Å². The number of phenols is 1. The van der Waals surface area contributed by atoms with Crippen LogP contribution in [-0.4, -0.2) is 16.9 Å². The van der Waals surface area contributed by atoms with Crippen molar-refractivity contribution in [1.29, 1.82) is 0 Å². The van der Waals surface area contributed by atoms with Crippen molar-refractivity contribution in [3.8, 4) is 5.75 Å². The number of anilines is 1. The average Bonchev–Trinajstić information content (AvgIpc) is 2.80. The van der Waals surface area contributed by atoms with Crippen LogP contribution in [0, 0.1) is 0 Å². The minimum absolute atomic E-state index is 0.00940. The first-order valence-corrected chi connectivity index (χ1v) is 7.26. The molecule has 0 aromatic heterocycles. The number of rotatable bonds is 2. The quantitative estimate of drug-likeness (QED) is 0.640. The molecule has 0 spiro atoms. The topological polar surface area (TPSA) is 69.6 Å². The summed E-state index contributed by atoms with van der Waals surface area (Å²) in [5.41, 5.74) is 3.66. The maximum Gasteiger partial charge on any atom is 0.282 e. The molecule has 0 radical (unpaired) electrons. The molecule has 110 valence electrons. The van der Waals surface area contributed by atoms with Crippen LogP contribution in [0.25, 0.3) is 6.08 Å². The molecule has 0 unspecified atom stereocenters. The third-order valence-corrected chi connectivity index (χ3v) is 3.91. The Bertz CT molecular complexity index is 787. The summed E-state index contributed by atoms with van der Waals surface area (Å²) in [5, 5.41) is 10.7. The van der Waals surface area contributed by atoms with Crippen molar-refractivity contribution in [3.05, 3.63) is 64.1 Å². The first-order chi connectivity index (χ1) is 10.6. The zero-order valence-electron chi connectivity index (χ0n) is 11.3. The van der Waals surface area contributed by atoms with Crippen LogP contribution in [0.2, 0.25) is 0 Å². The van der Waals surface area contributed by atoms with Gasteiger partial charge in [0, 0.05) is 4.47 Å². The van der Waals surface area contributed by atoms with Crippen molar-refractivity contribution in [1.82, 2.24) is 5.43 Å². The predicted octanol–water partition coefficient (Wildman–Crippen LogP) is 2.62. The number of hydrazine groups is 1. The van der Waals surface area contributed by atoms with Gasteiger partial charge in [-0.2, -0.15) is 0 Å². The lowest BCUT2D eigenvalue weighted by Gasteiger charge is -2.13. The number of nitrogens with one attached hydrogen (secondary N) is 1. The Morgan fingerprint density at radius 1 is 1.09 bits per heavy atom. The highest BCUT2D eigenvalue weighted by Crippen LogP contribution is 2.26. The second-order valence-electron chi connectivity index (χ2n) is 4.68. The van der Waals surface area contributed by atoms with Crippen LogP contribution in [0.4, 0.5) is 5.69 Å². The smallest absolute Gasteiger partial charge is 0.282 e. The van der Waals surface area contributed by atoms with Crippen LogP contribution < -0.4 is 10.4 Å². The molecule has 1 saturated heterocycles. The normalized spacial score (nSPS) is 16.2. The van der Waals surface area contributed by atoms with E-state index in [4.69, 9.17) is 0 Å². The molecular formula is C16H11BrN2O3. The number of amides is 2. The van der Waals surface area contributed by atoms with Gasteiger partial charge >= 0.3 is 0 Å². The molecular weight excluding hydrogens is 348 g/mol. The van der Waals surface area contributed by atoms with Gasteiger partial charge in [-0.1, -0.05) is 34.1 Å². The number of phenolic OH excluding ortho intramolecular Hbond substituents is 1. The van der Waals surface area contributed by atoms with E-state index in [1.165, 1.54) is 23.2 Å². The predicted molar refractivity (Wildman–Crippen MR) is 85.9 cm³/mol. The number of carbonyl (C=O) groups is 2. The van der Waals surface area contributed by atoms with Gasteiger partial charge in [-0.3, -0.25) is 15.0 Å². The second kappa shape index (κ2) is 5.65. The summed E-state index contributed by atoms with van der Waals surface area (Å²) in [6.07, 6.45) is 1.45. The Morgan fingerprint density at radius 3 is 2.55 bits per heavy atom. The zero-order chi connectivity index (χ0) is 15.7. The molecule has 0 aliphatic carbocycles. The Morgan fingerprint density at radius 2 is 1.82 bits per heavy atom. The molecule has 1 fully saturated rings. The van der Waals surface area contributed by atoms with E-state index in [9.17, 15) is 14.7 Å². The lowest BCUT2D eigenvalue weighted by molar-refractivity contribution is -0.117. The van der Waals surface area contributed by atoms with E-state index in [-0.39, 0.29) is 11.3 Å². The molecule has 22 heavy (non-hydrogen) atoms. The molecule has 2 aromatic rings. The highest BCUT2D eigenvalue weighted by Gasteiger charge is 2.34. The maximum absolute atomic E-state index is 12.4. The van der Waals surface area contributed by atoms with Gasteiger partial charge in [0.1, 0.15) is 11.3 Å². The lowest BCUT2D eigenvalue weighted by atomic mass is 10.1. The van der Waals surface area contributed by atoms with Crippen molar-refractivity contribution in [2.24, 2.45) is 0 Å². The van der Waals surface area contributed by atoms with Crippen LogP contribution in [0.1, 0.15) is 5.56 Å². The SMILES string of the molecule is O=C1NN(c2ccccc2)C(=O)C1=Cc1cc(O)ccc1Br. The number of carbonyl (C=O) groups excluding carboxylic acids is 2.